The van der Waals surface area contributed by atoms with Gasteiger partial charge in [-0.3, -0.25) is 0 Å². The number of nitrogens with one attached hydrogen (secondary N) is 1. The Morgan fingerprint density at radius 3 is 2.64 bits per heavy atom. The molecule has 4 heteroatoms. The fourth-order valence-electron chi connectivity index (χ4n) is 2.80. The predicted octanol–water partition coefficient (Wildman–Crippen LogP) is 3.35. The van der Waals surface area contributed by atoms with Crippen LogP contribution in [-0.2, 0) is 12.0 Å². The smallest absolute Gasteiger partial charge is 0.335 e. The second-order valence-corrected chi connectivity index (χ2v) is 5.90. The third-order valence-electron chi connectivity index (χ3n) is 4.26. The van der Waals surface area contributed by atoms with Crippen molar-refractivity contribution in [2.45, 2.75) is 24.8 Å². The molecular weight excluding hydrogens is 281 g/mol. The SMILES string of the molecule is O=C(O)c1cccc(CNCC2(c3cccc(F)c3)CC2)c1. The lowest BCUT2D eigenvalue weighted by molar-refractivity contribution is 0.0696. The van der Waals surface area contributed by atoms with Crippen molar-refractivity contribution in [1.29, 1.82) is 0 Å². The van der Waals surface area contributed by atoms with E-state index in [9.17, 15) is 9.18 Å². The van der Waals surface area contributed by atoms with Crippen molar-refractivity contribution in [2.24, 2.45) is 0 Å². The highest BCUT2D eigenvalue weighted by Gasteiger charge is 2.43. The predicted molar refractivity (Wildman–Crippen MR) is 82.4 cm³/mol. The van der Waals surface area contributed by atoms with Crippen LogP contribution in [0.3, 0.4) is 0 Å². The molecule has 2 N–H and O–H groups in total. The molecule has 1 aliphatic rings. The van der Waals surface area contributed by atoms with Gasteiger partial charge in [0.1, 0.15) is 5.82 Å². The number of aromatic carboxylic acids is 1. The maximum absolute atomic E-state index is 13.4. The van der Waals surface area contributed by atoms with Crippen molar-refractivity contribution in [1.82, 2.24) is 5.32 Å². The summed E-state index contributed by atoms with van der Waals surface area (Å²) in [7, 11) is 0. The van der Waals surface area contributed by atoms with Crippen molar-refractivity contribution in [3.8, 4) is 0 Å². The van der Waals surface area contributed by atoms with Crippen LogP contribution in [0.25, 0.3) is 0 Å². The lowest BCUT2D eigenvalue weighted by Gasteiger charge is -2.17. The largest absolute Gasteiger partial charge is 0.478 e. The first kappa shape index (κ1) is 14.7. The van der Waals surface area contributed by atoms with Crippen LogP contribution in [0, 0.1) is 5.82 Å². The monoisotopic (exact) mass is 299 g/mol. The van der Waals surface area contributed by atoms with Gasteiger partial charge in [0.15, 0.2) is 0 Å². The van der Waals surface area contributed by atoms with Gasteiger partial charge >= 0.3 is 5.97 Å². The molecule has 0 spiro atoms. The Balaban J connectivity index is 1.61. The normalized spacial score (nSPS) is 15.5. The minimum absolute atomic E-state index is 0.0342. The van der Waals surface area contributed by atoms with Gasteiger partial charge in [0, 0.05) is 18.5 Å². The molecule has 22 heavy (non-hydrogen) atoms. The Bertz CT molecular complexity index is 695. The first-order valence-corrected chi connectivity index (χ1v) is 7.38. The maximum atomic E-state index is 13.4. The van der Waals surface area contributed by atoms with E-state index in [0.29, 0.717) is 12.1 Å². The van der Waals surface area contributed by atoms with Gasteiger partial charge in [-0.25, -0.2) is 9.18 Å². The number of hydrogen-bond acceptors (Lipinski definition) is 2. The number of hydrogen-bond donors (Lipinski definition) is 2. The van der Waals surface area contributed by atoms with E-state index in [-0.39, 0.29) is 11.2 Å². The zero-order valence-electron chi connectivity index (χ0n) is 12.2. The van der Waals surface area contributed by atoms with Crippen molar-refractivity contribution >= 4 is 5.97 Å². The van der Waals surface area contributed by atoms with Crippen LogP contribution < -0.4 is 5.32 Å². The summed E-state index contributed by atoms with van der Waals surface area (Å²) in [6, 6.07) is 13.7. The van der Waals surface area contributed by atoms with Gasteiger partial charge in [0.05, 0.1) is 5.56 Å². The van der Waals surface area contributed by atoms with Crippen LogP contribution in [-0.4, -0.2) is 17.6 Å². The average molecular weight is 299 g/mol. The average Bonchev–Trinajstić information content (AvgIpc) is 3.29. The quantitative estimate of drug-likeness (QED) is 0.860. The second-order valence-electron chi connectivity index (χ2n) is 5.90. The van der Waals surface area contributed by atoms with E-state index < -0.39 is 5.97 Å². The molecule has 1 saturated carbocycles. The van der Waals surface area contributed by atoms with Gasteiger partial charge in [0.2, 0.25) is 0 Å². The van der Waals surface area contributed by atoms with Gasteiger partial charge in [-0.1, -0.05) is 24.3 Å². The Kier molecular flexibility index (Phi) is 3.94. The standard InChI is InChI=1S/C18H18FNO2/c19-16-6-2-5-15(10-16)18(7-8-18)12-20-11-13-3-1-4-14(9-13)17(21)22/h1-6,9-10,20H,7-8,11-12H2,(H,21,22). The third-order valence-corrected chi connectivity index (χ3v) is 4.26. The van der Waals surface area contributed by atoms with Crippen molar-refractivity contribution < 1.29 is 14.3 Å². The third kappa shape index (κ3) is 3.17. The van der Waals surface area contributed by atoms with E-state index in [2.05, 4.69) is 5.32 Å². The highest BCUT2D eigenvalue weighted by atomic mass is 19.1. The molecule has 1 aliphatic carbocycles. The van der Waals surface area contributed by atoms with Crippen molar-refractivity contribution in [3.63, 3.8) is 0 Å². The highest BCUT2D eigenvalue weighted by Crippen LogP contribution is 2.47. The van der Waals surface area contributed by atoms with Crippen LogP contribution in [0.1, 0.15) is 34.3 Å². The van der Waals surface area contributed by atoms with E-state index in [0.717, 1.165) is 30.5 Å². The molecule has 0 atom stereocenters. The molecule has 0 radical (unpaired) electrons. The molecule has 3 rings (SSSR count). The van der Waals surface area contributed by atoms with E-state index in [1.54, 1.807) is 30.3 Å². The molecule has 0 unspecified atom stereocenters. The first-order valence-electron chi connectivity index (χ1n) is 7.38. The van der Waals surface area contributed by atoms with Gasteiger partial charge in [-0.2, -0.15) is 0 Å². The van der Waals surface area contributed by atoms with E-state index >= 15 is 0 Å². The Labute approximate surface area is 128 Å². The first-order chi connectivity index (χ1) is 10.6. The van der Waals surface area contributed by atoms with Crippen LogP contribution in [0.5, 0.6) is 0 Å². The summed E-state index contributed by atoms with van der Waals surface area (Å²) < 4.78 is 13.4. The number of carbonyl (C=O) groups is 1. The van der Waals surface area contributed by atoms with Crippen LogP contribution in [0.15, 0.2) is 48.5 Å². The number of carboxylic acids is 1. The zero-order chi connectivity index (χ0) is 15.6. The Morgan fingerprint density at radius 1 is 1.18 bits per heavy atom. The summed E-state index contributed by atoms with van der Waals surface area (Å²) >= 11 is 0. The fraction of sp³-hybridized carbons (Fsp3) is 0.278. The molecular formula is C18H18FNO2. The molecule has 3 nitrogen and oxygen atoms in total. The summed E-state index contributed by atoms with van der Waals surface area (Å²) in [5.41, 5.74) is 2.31. The lowest BCUT2D eigenvalue weighted by atomic mass is 9.96. The zero-order valence-corrected chi connectivity index (χ0v) is 12.2. The molecule has 0 heterocycles. The number of carboxylic acid groups (broad SMARTS) is 1. The molecule has 2 aromatic carbocycles. The molecule has 0 aromatic heterocycles. The molecule has 0 bridgehead atoms. The molecule has 0 saturated heterocycles. The fourth-order valence-corrected chi connectivity index (χ4v) is 2.80. The van der Waals surface area contributed by atoms with Crippen molar-refractivity contribution in [2.75, 3.05) is 6.54 Å². The maximum Gasteiger partial charge on any atom is 0.335 e. The summed E-state index contributed by atoms with van der Waals surface area (Å²) in [5, 5.41) is 12.4. The van der Waals surface area contributed by atoms with Crippen molar-refractivity contribution in [3.05, 3.63) is 71.0 Å². The van der Waals surface area contributed by atoms with E-state index in [1.165, 1.54) is 6.07 Å². The molecule has 0 aliphatic heterocycles. The van der Waals surface area contributed by atoms with Crippen LogP contribution in [0.4, 0.5) is 4.39 Å². The summed E-state index contributed by atoms with van der Waals surface area (Å²) in [6.45, 7) is 1.38. The number of halogens is 1. The molecule has 1 fully saturated rings. The van der Waals surface area contributed by atoms with Gasteiger partial charge in [-0.05, 0) is 48.2 Å². The van der Waals surface area contributed by atoms with E-state index in [4.69, 9.17) is 5.11 Å². The topological polar surface area (TPSA) is 49.3 Å². The highest BCUT2D eigenvalue weighted by molar-refractivity contribution is 5.87. The minimum Gasteiger partial charge on any atom is -0.478 e. The minimum atomic E-state index is -0.916. The summed E-state index contributed by atoms with van der Waals surface area (Å²) in [4.78, 5) is 11.0. The molecule has 0 amide bonds. The van der Waals surface area contributed by atoms with Gasteiger partial charge < -0.3 is 10.4 Å². The van der Waals surface area contributed by atoms with Crippen LogP contribution in [0.2, 0.25) is 0 Å². The summed E-state index contributed by atoms with van der Waals surface area (Å²) in [5.74, 6) is -1.11. The Morgan fingerprint density at radius 2 is 1.95 bits per heavy atom. The molecule has 114 valence electrons. The summed E-state index contributed by atoms with van der Waals surface area (Å²) in [6.07, 6.45) is 2.11. The van der Waals surface area contributed by atoms with Gasteiger partial charge in [-0.15, -0.1) is 0 Å². The van der Waals surface area contributed by atoms with E-state index in [1.807, 2.05) is 12.1 Å². The number of benzene rings is 2. The lowest BCUT2D eigenvalue weighted by Crippen LogP contribution is -2.26. The Hall–Kier alpha value is -2.20. The van der Waals surface area contributed by atoms with Gasteiger partial charge in [0.25, 0.3) is 0 Å². The molecule has 2 aromatic rings. The van der Waals surface area contributed by atoms with Crippen LogP contribution >= 0.6 is 0 Å². The second kappa shape index (κ2) is 5.89. The number of rotatable bonds is 6.